The molecule has 0 heterocycles. The molecular weight excluding hydrogens is 209 g/mol. The van der Waals surface area contributed by atoms with Gasteiger partial charge in [0.2, 0.25) is 0 Å². The lowest BCUT2D eigenvalue weighted by atomic mass is 10.1. The van der Waals surface area contributed by atoms with E-state index in [-0.39, 0.29) is 12.2 Å². The second kappa shape index (κ2) is 4.63. The van der Waals surface area contributed by atoms with Crippen molar-refractivity contribution < 1.29 is 23.0 Å². The number of aliphatic hydroxyl groups is 1. The summed E-state index contributed by atoms with van der Waals surface area (Å²) in [4.78, 5) is 0. The topological polar surface area (TPSA) is 29.5 Å². The lowest BCUT2D eigenvalue weighted by Gasteiger charge is -2.15. The van der Waals surface area contributed by atoms with Crippen molar-refractivity contribution in [3.05, 3.63) is 35.4 Å². The molecule has 0 aromatic heterocycles. The van der Waals surface area contributed by atoms with Crippen molar-refractivity contribution >= 4 is 0 Å². The average Bonchev–Trinajstić information content (AvgIpc) is 2.16. The minimum Gasteiger partial charge on any atom is -0.380 e. The first-order chi connectivity index (χ1) is 6.95. The Balaban J connectivity index is 2.90. The quantitative estimate of drug-likeness (QED) is 0.847. The van der Waals surface area contributed by atoms with Crippen LogP contribution in [0.25, 0.3) is 0 Å². The zero-order chi connectivity index (χ0) is 11.5. The molecule has 1 atom stereocenters. The second-order valence-corrected chi connectivity index (χ2v) is 3.12. The van der Waals surface area contributed by atoms with E-state index in [1.54, 1.807) is 6.07 Å². The summed E-state index contributed by atoms with van der Waals surface area (Å²) in [5.41, 5.74) is 0.426. The van der Waals surface area contributed by atoms with Gasteiger partial charge in [0.25, 0.3) is 0 Å². The van der Waals surface area contributed by atoms with E-state index in [0.717, 1.165) is 0 Å². The van der Waals surface area contributed by atoms with Crippen molar-refractivity contribution in [1.29, 1.82) is 0 Å². The number of halogens is 3. The average molecular weight is 220 g/mol. The van der Waals surface area contributed by atoms with Crippen molar-refractivity contribution in [2.24, 2.45) is 0 Å². The van der Waals surface area contributed by atoms with Crippen molar-refractivity contribution in [3.8, 4) is 0 Å². The summed E-state index contributed by atoms with van der Waals surface area (Å²) in [7, 11) is 1.45. The standard InChI is InChI=1S/C10H11F3O2/c1-15-6-7-3-2-4-8(5-7)9(14)10(11,12)13/h2-5,9,14H,6H2,1H3. The van der Waals surface area contributed by atoms with Crippen LogP contribution >= 0.6 is 0 Å². The highest BCUT2D eigenvalue weighted by Gasteiger charge is 2.39. The molecule has 0 saturated heterocycles. The van der Waals surface area contributed by atoms with Crippen LogP contribution in [0.1, 0.15) is 17.2 Å². The fraction of sp³-hybridized carbons (Fsp3) is 0.400. The van der Waals surface area contributed by atoms with Gasteiger partial charge in [-0.25, -0.2) is 0 Å². The first kappa shape index (κ1) is 12.0. The molecular formula is C10H11F3O2. The number of aliphatic hydroxyl groups excluding tert-OH is 1. The Labute approximate surface area is 85.3 Å². The lowest BCUT2D eigenvalue weighted by molar-refractivity contribution is -0.206. The third kappa shape index (κ3) is 3.21. The predicted molar refractivity (Wildman–Crippen MR) is 48.2 cm³/mol. The number of benzene rings is 1. The molecule has 1 aromatic rings. The SMILES string of the molecule is COCc1cccc(C(O)C(F)(F)F)c1. The van der Waals surface area contributed by atoms with Gasteiger partial charge < -0.3 is 9.84 Å². The first-order valence-corrected chi connectivity index (χ1v) is 4.27. The Morgan fingerprint density at radius 3 is 2.60 bits per heavy atom. The van der Waals surface area contributed by atoms with Gasteiger partial charge in [-0.3, -0.25) is 0 Å². The van der Waals surface area contributed by atoms with Crippen molar-refractivity contribution in [3.63, 3.8) is 0 Å². The van der Waals surface area contributed by atoms with E-state index in [4.69, 9.17) is 9.84 Å². The molecule has 1 rings (SSSR count). The Morgan fingerprint density at radius 1 is 1.40 bits per heavy atom. The minimum absolute atomic E-state index is 0.169. The van der Waals surface area contributed by atoms with E-state index in [2.05, 4.69) is 0 Å². The Bertz CT molecular complexity index is 323. The summed E-state index contributed by atoms with van der Waals surface area (Å²) < 4.78 is 41.3. The smallest absolute Gasteiger partial charge is 0.380 e. The number of hydrogen-bond donors (Lipinski definition) is 1. The van der Waals surface area contributed by atoms with Crippen LogP contribution in [-0.2, 0) is 11.3 Å². The number of rotatable bonds is 3. The predicted octanol–water partition coefficient (Wildman–Crippen LogP) is 2.43. The van der Waals surface area contributed by atoms with Crippen LogP contribution in [0.4, 0.5) is 13.2 Å². The molecule has 0 amide bonds. The van der Waals surface area contributed by atoms with Crippen molar-refractivity contribution in [1.82, 2.24) is 0 Å². The van der Waals surface area contributed by atoms with E-state index in [9.17, 15) is 13.2 Å². The Morgan fingerprint density at radius 2 is 2.07 bits per heavy atom. The number of alkyl halides is 3. The summed E-state index contributed by atoms with van der Waals surface area (Å²) in [5, 5.41) is 8.98. The van der Waals surface area contributed by atoms with Gasteiger partial charge in [-0.1, -0.05) is 24.3 Å². The molecule has 1 unspecified atom stereocenters. The van der Waals surface area contributed by atoms with Gasteiger partial charge in [-0.05, 0) is 11.1 Å². The number of ether oxygens (including phenoxy) is 1. The van der Waals surface area contributed by atoms with Crippen LogP contribution in [0.3, 0.4) is 0 Å². The maximum Gasteiger partial charge on any atom is 0.418 e. The second-order valence-electron chi connectivity index (χ2n) is 3.12. The van der Waals surface area contributed by atoms with Crippen LogP contribution in [0.2, 0.25) is 0 Å². The summed E-state index contributed by atoms with van der Waals surface area (Å²) in [6, 6.07) is 5.60. The van der Waals surface area contributed by atoms with Gasteiger partial charge >= 0.3 is 6.18 Å². The van der Waals surface area contributed by atoms with Gasteiger partial charge in [0, 0.05) is 7.11 Å². The van der Waals surface area contributed by atoms with Crippen LogP contribution in [0, 0.1) is 0 Å². The third-order valence-electron chi connectivity index (χ3n) is 1.89. The van der Waals surface area contributed by atoms with Gasteiger partial charge in [-0.15, -0.1) is 0 Å². The van der Waals surface area contributed by atoms with E-state index in [1.165, 1.54) is 25.3 Å². The molecule has 2 nitrogen and oxygen atoms in total. The lowest BCUT2D eigenvalue weighted by Crippen LogP contribution is -2.20. The highest BCUT2D eigenvalue weighted by molar-refractivity contribution is 5.25. The fourth-order valence-corrected chi connectivity index (χ4v) is 1.21. The summed E-state index contributed by atoms with van der Waals surface area (Å²) in [5.74, 6) is 0. The van der Waals surface area contributed by atoms with Gasteiger partial charge in [0.05, 0.1) is 6.61 Å². The van der Waals surface area contributed by atoms with Crippen LogP contribution < -0.4 is 0 Å². The molecule has 1 aromatic carbocycles. The van der Waals surface area contributed by atoms with E-state index < -0.39 is 12.3 Å². The molecule has 0 aliphatic heterocycles. The van der Waals surface area contributed by atoms with E-state index in [0.29, 0.717) is 5.56 Å². The van der Waals surface area contributed by atoms with Gasteiger partial charge in [-0.2, -0.15) is 13.2 Å². The molecule has 1 N–H and O–H groups in total. The molecule has 0 fully saturated rings. The molecule has 15 heavy (non-hydrogen) atoms. The van der Waals surface area contributed by atoms with Gasteiger partial charge in [0.15, 0.2) is 6.10 Å². The zero-order valence-corrected chi connectivity index (χ0v) is 8.08. The molecule has 5 heteroatoms. The summed E-state index contributed by atoms with van der Waals surface area (Å²) in [6.07, 6.45) is -7.07. The minimum atomic E-state index is -4.63. The Hall–Kier alpha value is -1.07. The zero-order valence-electron chi connectivity index (χ0n) is 8.08. The van der Waals surface area contributed by atoms with Crippen LogP contribution in [0.5, 0.6) is 0 Å². The molecule has 0 radical (unpaired) electrons. The maximum atomic E-state index is 12.2. The van der Waals surface area contributed by atoms with Crippen molar-refractivity contribution in [2.45, 2.75) is 18.9 Å². The van der Waals surface area contributed by atoms with E-state index in [1.807, 2.05) is 0 Å². The maximum absolute atomic E-state index is 12.2. The molecule has 0 aliphatic carbocycles. The molecule has 0 aliphatic rings. The highest BCUT2D eigenvalue weighted by atomic mass is 19.4. The normalized spacial score (nSPS) is 13.9. The number of hydrogen-bond acceptors (Lipinski definition) is 2. The summed E-state index contributed by atoms with van der Waals surface area (Å²) in [6.45, 7) is 0.221. The molecule has 0 bridgehead atoms. The molecule has 0 spiro atoms. The Kier molecular flexibility index (Phi) is 3.71. The highest BCUT2D eigenvalue weighted by Crippen LogP contribution is 2.32. The largest absolute Gasteiger partial charge is 0.418 e. The summed E-state index contributed by atoms with van der Waals surface area (Å²) >= 11 is 0. The molecule has 0 saturated carbocycles. The van der Waals surface area contributed by atoms with Gasteiger partial charge in [0.1, 0.15) is 0 Å². The van der Waals surface area contributed by atoms with Crippen LogP contribution in [-0.4, -0.2) is 18.4 Å². The fourth-order valence-electron chi connectivity index (χ4n) is 1.21. The first-order valence-electron chi connectivity index (χ1n) is 4.27. The number of methoxy groups -OCH3 is 1. The monoisotopic (exact) mass is 220 g/mol. The van der Waals surface area contributed by atoms with Crippen molar-refractivity contribution in [2.75, 3.05) is 7.11 Å². The third-order valence-corrected chi connectivity index (χ3v) is 1.89. The van der Waals surface area contributed by atoms with Crippen LogP contribution in [0.15, 0.2) is 24.3 Å². The van der Waals surface area contributed by atoms with E-state index >= 15 is 0 Å². The molecule has 84 valence electrons.